The number of nitrogens with zero attached hydrogens (tertiary/aromatic N) is 6. The van der Waals surface area contributed by atoms with Gasteiger partial charge >= 0.3 is 0 Å². The maximum absolute atomic E-state index is 12.4. The Balaban J connectivity index is 1.31. The first-order valence-electron chi connectivity index (χ1n) is 11.0. The maximum Gasteiger partial charge on any atom is 0.203 e. The van der Waals surface area contributed by atoms with Gasteiger partial charge in [-0.3, -0.25) is 19.4 Å². The van der Waals surface area contributed by atoms with E-state index >= 15 is 0 Å². The van der Waals surface area contributed by atoms with Gasteiger partial charge in [-0.2, -0.15) is 10.2 Å². The summed E-state index contributed by atoms with van der Waals surface area (Å²) in [7, 11) is 1.84. The van der Waals surface area contributed by atoms with E-state index in [4.69, 9.17) is 9.47 Å². The highest BCUT2D eigenvalue weighted by molar-refractivity contribution is 5.80. The van der Waals surface area contributed by atoms with Crippen LogP contribution < -0.4 is 10.2 Å². The lowest BCUT2D eigenvalue weighted by atomic mass is 10.1. The lowest BCUT2D eigenvalue weighted by molar-refractivity contribution is 0.0322. The molecule has 1 aliphatic heterocycles. The summed E-state index contributed by atoms with van der Waals surface area (Å²) in [6, 6.07) is 9.52. The van der Waals surface area contributed by atoms with E-state index in [0.29, 0.717) is 18.7 Å². The highest BCUT2D eigenvalue weighted by atomic mass is 16.5. The quantitative estimate of drug-likeness (QED) is 0.428. The van der Waals surface area contributed by atoms with Gasteiger partial charge in [-0.15, -0.1) is 0 Å². The second-order valence-electron chi connectivity index (χ2n) is 8.12. The van der Waals surface area contributed by atoms with Crippen molar-refractivity contribution < 1.29 is 9.47 Å². The van der Waals surface area contributed by atoms with Gasteiger partial charge in [-0.05, 0) is 23.8 Å². The number of hydrogen-bond donors (Lipinski definition) is 0. The zero-order valence-electron chi connectivity index (χ0n) is 18.6. The van der Waals surface area contributed by atoms with Crippen molar-refractivity contribution in [1.82, 2.24) is 29.4 Å². The maximum atomic E-state index is 12.4. The van der Waals surface area contributed by atoms with Crippen LogP contribution in [0.3, 0.4) is 0 Å². The van der Waals surface area contributed by atoms with Crippen molar-refractivity contribution in [3.05, 3.63) is 76.6 Å². The van der Waals surface area contributed by atoms with Crippen molar-refractivity contribution in [2.75, 3.05) is 39.5 Å². The number of morpholine rings is 1. The highest BCUT2D eigenvalue weighted by Gasteiger charge is 2.11. The van der Waals surface area contributed by atoms with Crippen LogP contribution >= 0.6 is 0 Å². The number of aromatic nitrogens is 5. The molecule has 1 fully saturated rings. The van der Waals surface area contributed by atoms with Crippen LogP contribution in [-0.4, -0.2) is 68.9 Å². The zero-order valence-corrected chi connectivity index (χ0v) is 18.6. The van der Waals surface area contributed by atoms with Crippen molar-refractivity contribution in [1.29, 1.82) is 0 Å². The third-order valence-corrected chi connectivity index (χ3v) is 5.71. The third kappa shape index (κ3) is 5.10. The topological polar surface area (TPSA) is 87.3 Å². The molecule has 33 heavy (non-hydrogen) atoms. The molecule has 0 saturated carbocycles. The van der Waals surface area contributed by atoms with Crippen LogP contribution in [0.2, 0.25) is 0 Å². The monoisotopic (exact) mass is 446 g/mol. The van der Waals surface area contributed by atoms with Crippen LogP contribution in [0.5, 0.6) is 5.75 Å². The van der Waals surface area contributed by atoms with Gasteiger partial charge in [0.2, 0.25) is 5.43 Å². The molecular weight excluding hydrogens is 420 g/mol. The number of rotatable bonds is 7. The summed E-state index contributed by atoms with van der Waals surface area (Å²) in [5.74, 6) is 0.740. The molecule has 9 heteroatoms. The van der Waals surface area contributed by atoms with Crippen LogP contribution in [0.25, 0.3) is 16.6 Å². The first-order chi connectivity index (χ1) is 16.1. The number of fused-ring (bicyclic) bond motifs is 1. The van der Waals surface area contributed by atoms with Crippen molar-refractivity contribution in [3.63, 3.8) is 0 Å². The standard InChI is InChI=1S/C24H26N6O3/c1-28-17-20(15-26-28)30-5-4-24(31)23(27-30)13-18-2-3-22-19(12-18)14-21(16-25-22)33-11-8-29-6-9-32-10-7-29/h2-5,12,14-17H,6-11,13H2,1H3. The van der Waals surface area contributed by atoms with E-state index in [1.165, 1.54) is 0 Å². The highest BCUT2D eigenvalue weighted by Crippen LogP contribution is 2.21. The summed E-state index contributed by atoms with van der Waals surface area (Å²) in [5.41, 5.74) is 3.07. The van der Waals surface area contributed by atoms with E-state index in [2.05, 4.69) is 20.1 Å². The zero-order chi connectivity index (χ0) is 22.6. The van der Waals surface area contributed by atoms with Gasteiger partial charge in [-0.1, -0.05) is 6.07 Å². The Labute approximate surface area is 191 Å². The molecule has 0 N–H and O–H groups in total. The van der Waals surface area contributed by atoms with Gasteiger partial charge < -0.3 is 9.47 Å². The number of benzene rings is 1. The Morgan fingerprint density at radius 1 is 1.12 bits per heavy atom. The molecule has 1 saturated heterocycles. The summed E-state index contributed by atoms with van der Waals surface area (Å²) in [6.07, 6.45) is 7.41. The van der Waals surface area contributed by atoms with Gasteiger partial charge in [0.25, 0.3) is 0 Å². The number of pyridine rings is 1. The molecule has 4 heterocycles. The second-order valence-corrected chi connectivity index (χ2v) is 8.12. The molecule has 0 amide bonds. The number of ether oxygens (including phenoxy) is 2. The Morgan fingerprint density at radius 3 is 2.82 bits per heavy atom. The molecule has 0 unspecified atom stereocenters. The summed E-state index contributed by atoms with van der Waals surface area (Å²) in [4.78, 5) is 19.3. The second kappa shape index (κ2) is 9.51. The van der Waals surface area contributed by atoms with E-state index in [1.54, 1.807) is 34.0 Å². The van der Waals surface area contributed by atoms with Gasteiger partial charge in [-0.25, -0.2) is 4.68 Å². The summed E-state index contributed by atoms with van der Waals surface area (Å²) in [5, 5.41) is 9.67. The van der Waals surface area contributed by atoms with E-state index in [0.717, 1.165) is 60.8 Å². The molecular formula is C24H26N6O3. The van der Waals surface area contributed by atoms with Crippen molar-refractivity contribution in [2.24, 2.45) is 7.05 Å². The van der Waals surface area contributed by atoms with Gasteiger partial charge in [0, 0.05) is 50.8 Å². The van der Waals surface area contributed by atoms with Crippen molar-refractivity contribution in [2.45, 2.75) is 6.42 Å². The molecule has 0 aliphatic carbocycles. The summed E-state index contributed by atoms with van der Waals surface area (Å²) < 4.78 is 14.7. The third-order valence-electron chi connectivity index (χ3n) is 5.71. The Hall–Kier alpha value is -3.56. The lowest BCUT2D eigenvalue weighted by Gasteiger charge is -2.26. The molecule has 4 aromatic rings. The van der Waals surface area contributed by atoms with Crippen molar-refractivity contribution >= 4 is 10.9 Å². The molecule has 1 aliphatic rings. The molecule has 0 atom stereocenters. The summed E-state index contributed by atoms with van der Waals surface area (Å²) >= 11 is 0. The van der Waals surface area contributed by atoms with Gasteiger partial charge in [0.1, 0.15) is 23.7 Å². The minimum absolute atomic E-state index is 0.0893. The minimum Gasteiger partial charge on any atom is -0.491 e. The fourth-order valence-corrected chi connectivity index (χ4v) is 3.90. The number of aryl methyl sites for hydroxylation is 1. The van der Waals surface area contributed by atoms with E-state index in [-0.39, 0.29) is 5.43 Å². The SMILES string of the molecule is Cn1cc(-n2ccc(=O)c(Cc3ccc4ncc(OCCN5CCOCC5)cc4c3)n2)cn1. The molecule has 0 radical (unpaired) electrons. The predicted molar refractivity (Wildman–Crippen MR) is 124 cm³/mol. The van der Waals surface area contributed by atoms with Gasteiger partial charge in [0.15, 0.2) is 0 Å². The average Bonchev–Trinajstić information content (AvgIpc) is 3.27. The average molecular weight is 447 g/mol. The normalized spacial score (nSPS) is 14.6. The molecule has 3 aromatic heterocycles. The Morgan fingerprint density at radius 2 is 2.00 bits per heavy atom. The molecule has 0 bridgehead atoms. The van der Waals surface area contributed by atoms with E-state index in [9.17, 15) is 4.79 Å². The first kappa shape index (κ1) is 21.3. The first-order valence-corrected chi connectivity index (χ1v) is 11.0. The van der Waals surface area contributed by atoms with Crippen LogP contribution in [0, 0.1) is 0 Å². The predicted octanol–water partition coefficient (Wildman–Crippen LogP) is 1.82. The van der Waals surface area contributed by atoms with Crippen molar-refractivity contribution in [3.8, 4) is 11.4 Å². The lowest BCUT2D eigenvalue weighted by Crippen LogP contribution is -2.38. The molecule has 9 nitrogen and oxygen atoms in total. The Bertz CT molecular complexity index is 1310. The van der Waals surface area contributed by atoms with E-state index in [1.807, 2.05) is 37.5 Å². The summed E-state index contributed by atoms with van der Waals surface area (Å²) in [6.45, 7) is 4.92. The molecule has 170 valence electrons. The smallest absolute Gasteiger partial charge is 0.203 e. The van der Waals surface area contributed by atoms with Gasteiger partial charge in [0.05, 0.1) is 37.3 Å². The van der Waals surface area contributed by atoms with Crippen LogP contribution in [0.4, 0.5) is 0 Å². The fraction of sp³-hybridized carbons (Fsp3) is 0.333. The molecule has 0 spiro atoms. The number of hydrogen-bond acceptors (Lipinski definition) is 7. The van der Waals surface area contributed by atoms with Crippen LogP contribution in [0.15, 0.2) is 59.9 Å². The molecule has 5 rings (SSSR count). The minimum atomic E-state index is -0.0893. The van der Waals surface area contributed by atoms with Crippen LogP contribution in [0.1, 0.15) is 11.3 Å². The molecule has 1 aromatic carbocycles. The fourth-order valence-electron chi connectivity index (χ4n) is 3.90. The van der Waals surface area contributed by atoms with Crippen LogP contribution in [-0.2, 0) is 18.2 Å². The van der Waals surface area contributed by atoms with E-state index < -0.39 is 0 Å². The largest absolute Gasteiger partial charge is 0.491 e. The Kier molecular flexibility index (Phi) is 6.14.